The zero-order valence-electron chi connectivity index (χ0n) is 14.4. The first-order valence-electron chi connectivity index (χ1n) is 8.32. The zero-order chi connectivity index (χ0) is 18.0. The predicted molar refractivity (Wildman–Crippen MR) is 94.4 cm³/mol. The lowest BCUT2D eigenvalue weighted by atomic mass is 9.88. The number of fused-ring (bicyclic) bond motifs is 1. The van der Waals surface area contributed by atoms with Gasteiger partial charge in [0.1, 0.15) is 11.2 Å². The van der Waals surface area contributed by atoms with E-state index in [1.54, 1.807) is 30.9 Å². The molecule has 0 bridgehead atoms. The van der Waals surface area contributed by atoms with E-state index in [0.29, 0.717) is 13.1 Å². The van der Waals surface area contributed by atoms with Crippen molar-refractivity contribution in [2.45, 2.75) is 26.8 Å². The van der Waals surface area contributed by atoms with Gasteiger partial charge >= 0.3 is 0 Å². The number of rotatable bonds is 3. The summed E-state index contributed by atoms with van der Waals surface area (Å²) in [5.41, 5.74) is 1.14. The lowest BCUT2D eigenvalue weighted by Crippen LogP contribution is -2.48. The van der Waals surface area contributed by atoms with Gasteiger partial charge in [-0.1, -0.05) is 36.4 Å². The molecule has 0 aromatic heterocycles. The monoisotopic (exact) mass is 340 g/mol. The van der Waals surface area contributed by atoms with Gasteiger partial charge in [-0.15, -0.1) is 0 Å². The van der Waals surface area contributed by atoms with Gasteiger partial charge in [-0.05, 0) is 43.5 Å². The Morgan fingerprint density at radius 1 is 1.04 bits per heavy atom. The number of hydrogen-bond acceptors (Lipinski definition) is 2. The molecule has 2 aromatic rings. The molecule has 25 heavy (non-hydrogen) atoms. The molecule has 0 unspecified atom stereocenters. The summed E-state index contributed by atoms with van der Waals surface area (Å²) in [7, 11) is 0. The van der Waals surface area contributed by atoms with Crippen molar-refractivity contribution in [3.63, 3.8) is 0 Å². The number of hydrogen-bond donors (Lipinski definition) is 1. The number of nitrogens with zero attached hydrogens (tertiary/aromatic N) is 1. The third-order valence-electron chi connectivity index (χ3n) is 4.64. The molecule has 0 fully saturated rings. The van der Waals surface area contributed by atoms with Gasteiger partial charge < -0.3 is 10.2 Å². The molecule has 0 radical (unpaired) electrons. The second kappa shape index (κ2) is 6.67. The van der Waals surface area contributed by atoms with E-state index in [4.69, 9.17) is 0 Å². The van der Waals surface area contributed by atoms with Crippen LogP contribution in [-0.4, -0.2) is 23.3 Å². The number of anilines is 1. The number of benzene rings is 2. The molecular weight excluding hydrogens is 319 g/mol. The molecule has 0 spiro atoms. The van der Waals surface area contributed by atoms with Crippen LogP contribution in [0, 0.1) is 11.2 Å². The van der Waals surface area contributed by atoms with Crippen LogP contribution < -0.4 is 5.32 Å². The van der Waals surface area contributed by atoms with Gasteiger partial charge in [0.05, 0.1) is 5.69 Å². The van der Waals surface area contributed by atoms with Crippen molar-refractivity contribution in [1.82, 2.24) is 4.90 Å². The Balaban J connectivity index is 1.74. The summed E-state index contributed by atoms with van der Waals surface area (Å²) in [6, 6.07) is 13.9. The topological polar surface area (TPSA) is 49.4 Å². The smallest absolute Gasteiger partial charge is 0.239 e. The van der Waals surface area contributed by atoms with Crippen LogP contribution in [0.3, 0.4) is 0 Å². The molecule has 5 heteroatoms. The summed E-state index contributed by atoms with van der Waals surface area (Å²) in [6.07, 6.45) is 0.771. The third kappa shape index (κ3) is 3.40. The minimum atomic E-state index is -1.28. The predicted octanol–water partition coefficient (Wildman–Crippen LogP) is 3.38. The van der Waals surface area contributed by atoms with Crippen LogP contribution in [0.1, 0.15) is 25.0 Å². The fourth-order valence-electron chi connectivity index (χ4n) is 3.00. The average molecular weight is 340 g/mol. The largest absolute Gasteiger partial charge is 0.337 e. The zero-order valence-corrected chi connectivity index (χ0v) is 14.4. The first kappa shape index (κ1) is 17.1. The van der Waals surface area contributed by atoms with Crippen molar-refractivity contribution >= 4 is 17.5 Å². The molecule has 4 nitrogen and oxygen atoms in total. The third-order valence-corrected chi connectivity index (χ3v) is 4.64. The van der Waals surface area contributed by atoms with Crippen LogP contribution >= 0.6 is 0 Å². The van der Waals surface area contributed by atoms with E-state index in [-0.39, 0.29) is 11.6 Å². The van der Waals surface area contributed by atoms with Gasteiger partial charge in [-0.25, -0.2) is 4.39 Å². The number of carbonyl (C=O) groups is 2. The minimum absolute atomic E-state index is 0.0809. The molecule has 0 atom stereocenters. The first-order valence-corrected chi connectivity index (χ1v) is 8.32. The van der Waals surface area contributed by atoms with E-state index in [2.05, 4.69) is 11.4 Å². The maximum Gasteiger partial charge on any atom is 0.239 e. The fourth-order valence-corrected chi connectivity index (χ4v) is 3.00. The van der Waals surface area contributed by atoms with Gasteiger partial charge in [0.2, 0.25) is 11.8 Å². The first-order chi connectivity index (χ1) is 11.9. The highest BCUT2D eigenvalue weighted by molar-refractivity contribution is 6.09. The van der Waals surface area contributed by atoms with Crippen LogP contribution in [0.25, 0.3) is 0 Å². The molecule has 1 N–H and O–H groups in total. The van der Waals surface area contributed by atoms with Crippen molar-refractivity contribution < 1.29 is 14.0 Å². The standard InChI is InChI=1S/C20H21FN2O2/c1-20(2,18(24)22-17-10-6-5-9-16(17)21)19(25)23-12-11-14-7-3-4-8-15(14)13-23/h3-10H,11-13H2,1-2H3,(H,22,24). The molecule has 0 aliphatic carbocycles. The van der Waals surface area contributed by atoms with E-state index >= 15 is 0 Å². The normalized spacial score (nSPS) is 14.0. The second-order valence-electron chi connectivity index (χ2n) is 6.80. The SMILES string of the molecule is CC(C)(C(=O)Nc1ccccc1F)C(=O)N1CCc2ccccc2C1. The van der Waals surface area contributed by atoms with Crippen LogP contribution in [0.4, 0.5) is 10.1 Å². The summed E-state index contributed by atoms with van der Waals surface area (Å²) in [5.74, 6) is -1.29. The minimum Gasteiger partial charge on any atom is -0.337 e. The van der Waals surface area contributed by atoms with Crippen molar-refractivity contribution in [3.05, 3.63) is 65.5 Å². The van der Waals surface area contributed by atoms with Crippen molar-refractivity contribution in [3.8, 4) is 0 Å². The number of nitrogens with one attached hydrogen (secondary N) is 1. The Labute approximate surface area is 146 Å². The second-order valence-corrected chi connectivity index (χ2v) is 6.80. The van der Waals surface area contributed by atoms with E-state index in [1.807, 2.05) is 18.2 Å². The molecule has 2 aromatic carbocycles. The number of para-hydroxylation sites is 1. The van der Waals surface area contributed by atoms with Crippen molar-refractivity contribution in [1.29, 1.82) is 0 Å². The molecule has 3 rings (SSSR count). The van der Waals surface area contributed by atoms with Gasteiger partial charge in [0.15, 0.2) is 0 Å². The maximum absolute atomic E-state index is 13.7. The average Bonchev–Trinajstić information content (AvgIpc) is 2.62. The Bertz CT molecular complexity index is 817. The Morgan fingerprint density at radius 3 is 2.40 bits per heavy atom. The Kier molecular flexibility index (Phi) is 4.57. The van der Waals surface area contributed by atoms with E-state index in [9.17, 15) is 14.0 Å². The van der Waals surface area contributed by atoms with Gasteiger partial charge in [-0.2, -0.15) is 0 Å². The number of halogens is 1. The molecule has 0 saturated heterocycles. The molecule has 0 saturated carbocycles. The molecule has 1 heterocycles. The van der Waals surface area contributed by atoms with Crippen LogP contribution in [0.5, 0.6) is 0 Å². The summed E-state index contributed by atoms with van der Waals surface area (Å²) in [5, 5.41) is 2.53. The van der Waals surface area contributed by atoms with Crippen LogP contribution in [0.15, 0.2) is 48.5 Å². The summed E-state index contributed by atoms with van der Waals surface area (Å²) in [6.45, 7) is 4.22. The summed E-state index contributed by atoms with van der Waals surface area (Å²) >= 11 is 0. The lowest BCUT2D eigenvalue weighted by molar-refractivity contribution is -0.147. The Morgan fingerprint density at radius 2 is 1.68 bits per heavy atom. The summed E-state index contributed by atoms with van der Waals surface area (Å²) < 4.78 is 13.7. The van der Waals surface area contributed by atoms with Gasteiger partial charge in [-0.3, -0.25) is 9.59 Å². The quantitative estimate of drug-likeness (QED) is 0.871. The van der Waals surface area contributed by atoms with E-state index in [0.717, 1.165) is 12.0 Å². The summed E-state index contributed by atoms with van der Waals surface area (Å²) in [4.78, 5) is 27.2. The van der Waals surface area contributed by atoms with Crippen LogP contribution in [-0.2, 0) is 22.6 Å². The van der Waals surface area contributed by atoms with Gasteiger partial charge in [0.25, 0.3) is 0 Å². The lowest BCUT2D eigenvalue weighted by Gasteiger charge is -2.34. The van der Waals surface area contributed by atoms with Crippen molar-refractivity contribution in [2.24, 2.45) is 5.41 Å². The highest BCUT2D eigenvalue weighted by Crippen LogP contribution is 2.27. The van der Waals surface area contributed by atoms with Crippen LogP contribution in [0.2, 0.25) is 0 Å². The number of amides is 2. The highest BCUT2D eigenvalue weighted by atomic mass is 19.1. The van der Waals surface area contributed by atoms with Crippen molar-refractivity contribution in [2.75, 3.05) is 11.9 Å². The molecule has 1 aliphatic rings. The number of carbonyl (C=O) groups excluding carboxylic acids is 2. The van der Waals surface area contributed by atoms with Gasteiger partial charge in [0, 0.05) is 13.1 Å². The molecule has 130 valence electrons. The molecular formula is C20H21FN2O2. The molecule has 2 amide bonds. The highest BCUT2D eigenvalue weighted by Gasteiger charge is 2.40. The fraction of sp³-hybridized carbons (Fsp3) is 0.300. The Hall–Kier alpha value is -2.69. The molecule has 1 aliphatic heterocycles. The maximum atomic E-state index is 13.7. The van der Waals surface area contributed by atoms with E-state index < -0.39 is 17.1 Å². The van der Waals surface area contributed by atoms with E-state index in [1.165, 1.54) is 17.7 Å².